The number of amides is 2. The Balaban J connectivity index is 1.39. The zero-order valence-corrected chi connectivity index (χ0v) is 19.5. The van der Waals surface area contributed by atoms with Gasteiger partial charge in [0.25, 0.3) is 0 Å². The van der Waals surface area contributed by atoms with Crippen molar-refractivity contribution in [1.82, 2.24) is 9.88 Å². The van der Waals surface area contributed by atoms with Crippen molar-refractivity contribution in [3.05, 3.63) is 88.0 Å². The molecule has 32 heavy (non-hydrogen) atoms. The van der Waals surface area contributed by atoms with Crippen LogP contribution in [0.5, 0.6) is 0 Å². The fourth-order valence-corrected chi connectivity index (χ4v) is 4.12. The number of rotatable bonds is 6. The van der Waals surface area contributed by atoms with Crippen LogP contribution in [0.2, 0.25) is 0 Å². The summed E-state index contributed by atoms with van der Waals surface area (Å²) < 4.78 is 0.611. The highest BCUT2D eigenvalue weighted by Gasteiger charge is 2.25. The molecule has 0 bridgehead atoms. The molecule has 6 nitrogen and oxygen atoms in total. The van der Waals surface area contributed by atoms with Crippen LogP contribution in [0.4, 0.5) is 11.5 Å². The molecule has 2 amide bonds. The summed E-state index contributed by atoms with van der Waals surface area (Å²) in [4.78, 5) is 33.6. The Morgan fingerprint density at radius 3 is 2.50 bits per heavy atom. The van der Waals surface area contributed by atoms with Crippen molar-refractivity contribution in [2.24, 2.45) is 0 Å². The normalized spacial score (nSPS) is 13.9. The van der Waals surface area contributed by atoms with Gasteiger partial charge in [0.2, 0.25) is 11.8 Å². The number of aromatic nitrogens is 1. The second-order valence-corrected chi connectivity index (χ2v) is 8.78. The fourth-order valence-electron chi connectivity index (χ4n) is 3.69. The van der Waals surface area contributed by atoms with Crippen LogP contribution in [-0.2, 0) is 22.6 Å². The molecule has 7 heteroatoms. The van der Waals surface area contributed by atoms with Gasteiger partial charge in [0.05, 0.1) is 13.0 Å². The molecule has 1 saturated heterocycles. The van der Waals surface area contributed by atoms with Gasteiger partial charge in [0, 0.05) is 31.4 Å². The van der Waals surface area contributed by atoms with Crippen LogP contribution in [0.25, 0.3) is 0 Å². The molecule has 1 N–H and O–H groups in total. The van der Waals surface area contributed by atoms with Crippen molar-refractivity contribution in [3.8, 4) is 0 Å². The van der Waals surface area contributed by atoms with Gasteiger partial charge in [-0.3, -0.25) is 9.59 Å². The molecule has 4 rings (SSSR count). The lowest BCUT2D eigenvalue weighted by Crippen LogP contribution is -2.50. The SMILES string of the molecule is Cc1ccc(CC(=O)Nc2cc(Br)nc(N3CCN(Cc4ccccc4)C(=O)C3)c2)cc1. The minimum Gasteiger partial charge on any atom is -0.345 e. The number of piperazine rings is 1. The lowest BCUT2D eigenvalue weighted by atomic mass is 10.1. The largest absolute Gasteiger partial charge is 0.345 e. The number of hydrogen-bond acceptors (Lipinski definition) is 4. The van der Waals surface area contributed by atoms with Crippen LogP contribution in [0.15, 0.2) is 71.3 Å². The van der Waals surface area contributed by atoms with Crippen molar-refractivity contribution < 1.29 is 9.59 Å². The lowest BCUT2D eigenvalue weighted by molar-refractivity contribution is -0.131. The summed E-state index contributed by atoms with van der Waals surface area (Å²) in [5.74, 6) is 0.631. The summed E-state index contributed by atoms with van der Waals surface area (Å²) in [6.45, 7) is 4.19. The smallest absolute Gasteiger partial charge is 0.242 e. The van der Waals surface area contributed by atoms with E-state index in [0.29, 0.717) is 42.2 Å². The molecule has 2 heterocycles. The maximum atomic E-state index is 12.7. The number of pyridine rings is 1. The van der Waals surface area contributed by atoms with E-state index in [2.05, 4.69) is 26.2 Å². The number of hydrogen-bond donors (Lipinski definition) is 1. The Morgan fingerprint density at radius 2 is 1.78 bits per heavy atom. The van der Waals surface area contributed by atoms with Crippen molar-refractivity contribution in [3.63, 3.8) is 0 Å². The molecule has 164 valence electrons. The molecule has 0 atom stereocenters. The van der Waals surface area contributed by atoms with Crippen molar-refractivity contribution in [1.29, 1.82) is 0 Å². The Morgan fingerprint density at radius 1 is 1.03 bits per heavy atom. The maximum Gasteiger partial charge on any atom is 0.242 e. The second kappa shape index (κ2) is 9.96. The molecule has 0 unspecified atom stereocenters. The van der Waals surface area contributed by atoms with Gasteiger partial charge in [-0.05, 0) is 40.0 Å². The van der Waals surface area contributed by atoms with E-state index in [4.69, 9.17) is 0 Å². The van der Waals surface area contributed by atoms with Gasteiger partial charge in [-0.25, -0.2) is 4.98 Å². The van der Waals surface area contributed by atoms with E-state index in [-0.39, 0.29) is 18.4 Å². The van der Waals surface area contributed by atoms with Gasteiger partial charge in [-0.15, -0.1) is 0 Å². The molecule has 1 aromatic heterocycles. The first-order chi connectivity index (χ1) is 15.5. The molecular formula is C25H25BrN4O2. The maximum absolute atomic E-state index is 12.7. The predicted octanol–water partition coefficient (Wildman–Crippen LogP) is 4.18. The van der Waals surface area contributed by atoms with Gasteiger partial charge in [-0.1, -0.05) is 60.2 Å². The Kier molecular flexibility index (Phi) is 6.85. The zero-order chi connectivity index (χ0) is 22.5. The Bertz CT molecular complexity index is 1100. The zero-order valence-electron chi connectivity index (χ0n) is 17.9. The van der Waals surface area contributed by atoms with Gasteiger partial charge in [0.1, 0.15) is 10.4 Å². The average Bonchev–Trinajstić information content (AvgIpc) is 2.77. The highest BCUT2D eigenvalue weighted by molar-refractivity contribution is 9.10. The number of aryl methyl sites for hydroxylation is 1. The van der Waals surface area contributed by atoms with Crippen molar-refractivity contribution in [2.75, 3.05) is 29.9 Å². The first-order valence-electron chi connectivity index (χ1n) is 10.6. The van der Waals surface area contributed by atoms with E-state index in [1.807, 2.05) is 77.4 Å². The van der Waals surface area contributed by atoms with Crippen molar-refractivity contribution in [2.45, 2.75) is 19.9 Å². The molecule has 3 aromatic rings. The minimum absolute atomic E-state index is 0.0619. The van der Waals surface area contributed by atoms with E-state index in [1.54, 1.807) is 6.07 Å². The van der Waals surface area contributed by atoms with Crippen LogP contribution >= 0.6 is 15.9 Å². The van der Waals surface area contributed by atoms with E-state index in [9.17, 15) is 9.59 Å². The third-order valence-electron chi connectivity index (χ3n) is 5.41. The third kappa shape index (κ3) is 5.73. The summed E-state index contributed by atoms with van der Waals surface area (Å²) in [6, 6.07) is 21.5. The molecule has 0 aliphatic carbocycles. The summed E-state index contributed by atoms with van der Waals surface area (Å²) in [5.41, 5.74) is 3.89. The molecule has 2 aromatic carbocycles. The number of anilines is 2. The third-order valence-corrected chi connectivity index (χ3v) is 5.81. The molecule has 0 radical (unpaired) electrons. The van der Waals surface area contributed by atoms with Gasteiger partial charge < -0.3 is 15.1 Å². The van der Waals surface area contributed by atoms with E-state index >= 15 is 0 Å². The summed E-state index contributed by atoms with van der Waals surface area (Å²) in [7, 11) is 0. The molecular weight excluding hydrogens is 468 g/mol. The van der Waals surface area contributed by atoms with E-state index < -0.39 is 0 Å². The van der Waals surface area contributed by atoms with E-state index in [1.165, 1.54) is 0 Å². The lowest BCUT2D eigenvalue weighted by Gasteiger charge is -2.35. The fraction of sp³-hybridized carbons (Fsp3) is 0.240. The first kappa shape index (κ1) is 22.0. The monoisotopic (exact) mass is 492 g/mol. The van der Waals surface area contributed by atoms with E-state index in [0.717, 1.165) is 16.7 Å². The molecule has 1 fully saturated rings. The molecule has 0 spiro atoms. The van der Waals surface area contributed by atoms with Crippen molar-refractivity contribution >= 4 is 39.2 Å². The number of nitrogens with zero attached hydrogens (tertiary/aromatic N) is 3. The Hall–Kier alpha value is -3.19. The van der Waals surface area contributed by atoms with Crippen LogP contribution in [0, 0.1) is 6.92 Å². The number of nitrogens with one attached hydrogen (secondary N) is 1. The van der Waals surface area contributed by atoms with Gasteiger partial charge >= 0.3 is 0 Å². The predicted molar refractivity (Wildman–Crippen MR) is 130 cm³/mol. The highest BCUT2D eigenvalue weighted by atomic mass is 79.9. The van der Waals surface area contributed by atoms with Gasteiger partial charge in [0.15, 0.2) is 0 Å². The topological polar surface area (TPSA) is 65.5 Å². The standard InChI is InChI=1S/C25H25BrN4O2/c1-18-7-9-19(10-8-18)13-24(31)27-21-14-22(26)28-23(15-21)29-11-12-30(25(32)17-29)16-20-5-3-2-4-6-20/h2-10,14-15H,11-13,16-17H2,1H3,(H,27,28,31). The summed E-state index contributed by atoms with van der Waals surface area (Å²) >= 11 is 3.43. The van der Waals surface area contributed by atoms with Crippen LogP contribution in [0.3, 0.4) is 0 Å². The molecule has 1 aliphatic heterocycles. The highest BCUT2D eigenvalue weighted by Crippen LogP contribution is 2.24. The summed E-state index contributed by atoms with van der Waals surface area (Å²) in [5, 5.41) is 2.95. The quantitative estimate of drug-likeness (QED) is 0.524. The molecule has 1 aliphatic rings. The second-order valence-electron chi connectivity index (χ2n) is 7.97. The Labute approximate surface area is 196 Å². The van der Waals surface area contributed by atoms with Crippen LogP contribution < -0.4 is 10.2 Å². The minimum atomic E-state index is -0.0957. The number of halogens is 1. The summed E-state index contributed by atoms with van der Waals surface area (Å²) in [6.07, 6.45) is 0.298. The van der Waals surface area contributed by atoms with Crippen LogP contribution in [-0.4, -0.2) is 41.3 Å². The molecule has 0 saturated carbocycles. The first-order valence-corrected chi connectivity index (χ1v) is 11.4. The number of carbonyl (C=O) groups is 2. The van der Waals surface area contributed by atoms with Crippen LogP contribution in [0.1, 0.15) is 16.7 Å². The number of benzene rings is 2. The van der Waals surface area contributed by atoms with Gasteiger partial charge in [-0.2, -0.15) is 0 Å². The number of carbonyl (C=O) groups excluding carboxylic acids is 2. The average molecular weight is 493 g/mol.